The van der Waals surface area contributed by atoms with Crippen molar-refractivity contribution in [2.45, 2.75) is 13.5 Å². The molecule has 0 aliphatic carbocycles. The van der Waals surface area contributed by atoms with Crippen molar-refractivity contribution < 1.29 is 14.4 Å². The van der Waals surface area contributed by atoms with Gasteiger partial charge in [0.15, 0.2) is 0 Å². The van der Waals surface area contributed by atoms with Crippen molar-refractivity contribution >= 4 is 21.8 Å². The molecule has 1 amide bonds. The second-order valence-electron chi connectivity index (χ2n) is 4.89. The van der Waals surface area contributed by atoms with Crippen LogP contribution in [-0.2, 0) is 11.3 Å². The van der Waals surface area contributed by atoms with Crippen LogP contribution in [0.15, 0.2) is 22.7 Å². The summed E-state index contributed by atoms with van der Waals surface area (Å²) in [6, 6.07) is 6.10. The second kappa shape index (κ2) is 6.39. The van der Waals surface area contributed by atoms with Crippen LogP contribution in [0.4, 0.5) is 0 Å². The third kappa shape index (κ3) is 3.70. The van der Waals surface area contributed by atoms with E-state index in [-0.39, 0.29) is 5.91 Å². The lowest BCUT2D eigenvalue weighted by molar-refractivity contribution is -0.917. The highest BCUT2D eigenvalue weighted by Gasteiger charge is 2.22. The molecule has 0 unspecified atom stereocenters. The quantitative estimate of drug-likeness (QED) is 0.887. The highest BCUT2D eigenvalue weighted by atomic mass is 79.9. The minimum Gasteiger partial charge on any atom is -0.496 e. The Morgan fingerprint density at radius 3 is 2.68 bits per heavy atom. The number of hydrogen-bond donors (Lipinski definition) is 1. The summed E-state index contributed by atoms with van der Waals surface area (Å²) in [6.45, 7) is 6.27. The normalized spacial score (nSPS) is 16.5. The average Bonchev–Trinajstić information content (AvgIpc) is 2.39. The fraction of sp³-hybridized carbons (Fsp3) is 0.500. The maximum absolute atomic E-state index is 11.3. The van der Waals surface area contributed by atoms with Crippen LogP contribution in [0.3, 0.4) is 0 Å². The molecule has 1 aliphatic heterocycles. The zero-order valence-corrected chi connectivity index (χ0v) is 13.0. The first-order chi connectivity index (χ1) is 9.10. The molecule has 5 heteroatoms. The smallest absolute Gasteiger partial charge is 0.219 e. The highest BCUT2D eigenvalue weighted by Crippen LogP contribution is 2.22. The molecule has 1 aromatic rings. The minimum absolute atomic E-state index is 0.180. The molecule has 0 atom stereocenters. The minimum atomic E-state index is 0.180. The Morgan fingerprint density at radius 2 is 2.11 bits per heavy atom. The summed E-state index contributed by atoms with van der Waals surface area (Å²) >= 11 is 3.50. The zero-order valence-electron chi connectivity index (χ0n) is 11.4. The second-order valence-corrected chi connectivity index (χ2v) is 5.80. The number of carbonyl (C=O) groups excluding carboxylic acids is 1. The average molecular weight is 328 g/mol. The number of piperazine rings is 1. The van der Waals surface area contributed by atoms with E-state index in [0.29, 0.717) is 0 Å². The van der Waals surface area contributed by atoms with Crippen molar-refractivity contribution in [3.05, 3.63) is 28.2 Å². The summed E-state index contributed by atoms with van der Waals surface area (Å²) in [5, 5.41) is 0. The van der Waals surface area contributed by atoms with Crippen molar-refractivity contribution in [1.82, 2.24) is 4.90 Å². The van der Waals surface area contributed by atoms with E-state index in [1.165, 1.54) is 10.5 Å². The largest absolute Gasteiger partial charge is 0.496 e. The van der Waals surface area contributed by atoms with E-state index in [4.69, 9.17) is 4.74 Å². The number of nitrogens with one attached hydrogen (secondary N) is 1. The van der Waals surface area contributed by atoms with Gasteiger partial charge < -0.3 is 14.5 Å². The molecular weight excluding hydrogens is 308 g/mol. The Balaban J connectivity index is 1.99. The lowest BCUT2D eigenvalue weighted by atomic mass is 10.1. The van der Waals surface area contributed by atoms with Gasteiger partial charge in [-0.05, 0) is 18.2 Å². The molecule has 1 fully saturated rings. The Morgan fingerprint density at radius 1 is 1.42 bits per heavy atom. The number of rotatable bonds is 3. The summed E-state index contributed by atoms with van der Waals surface area (Å²) in [5.41, 5.74) is 1.21. The van der Waals surface area contributed by atoms with Crippen LogP contribution in [0.5, 0.6) is 5.75 Å². The van der Waals surface area contributed by atoms with E-state index >= 15 is 0 Å². The van der Waals surface area contributed by atoms with Crippen LogP contribution < -0.4 is 9.64 Å². The molecule has 0 bridgehead atoms. The van der Waals surface area contributed by atoms with Crippen molar-refractivity contribution in [3.63, 3.8) is 0 Å². The topological polar surface area (TPSA) is 34.0 Å². The molecular formula is C14H20BrN2O2+. The van der Waals surface area contributed by atoms with E-state index < -0.39 is 0 Å². The number of nitrogens with zero attached hydrogens (tertiary/aromatic N) is 1. The number of amides is 1. The Bertz CT molecular complexity index is 457. The van der Waals surface area contributed by atoms with Gasteiger partial charge in [0, 0.05) is 17.0 Å². The SMILES string of the molecule is COc1ccc(Br)cc1C[NH+]1CCN(C(C)=O)CC1. The summed E-state index contributed by atoms with van der Waals surface area (Å²) < 4.78 is 6.48. The molecule has 104 valence electrons. The fourth-order valence-corrected chi connectivity index (χ4v) is 2.88. The van der Waals surface area contributed by atoms with Gasteiger partial charge in [0.2, 0.25) is 5.91 Å². The number of ether oxygens (including phenoxy) is 1. The van der Waals surface area contributed by atoms with Crippen LogP contribution >= 0.6 is 15.9 Å². The van der Waals surface area contributed by atoms with Crippen molar-refractivity contribution in [2.75, 3.05) is 33.3 Å². The summed E-state index contributed by atoms with van der Waals surface area (Å²) in [6.07, 6.45) is 0. The third-order valence-electron chi connectivity index (χ3n) is 3.60. The van der Waals surface area contributed by atoms with E-state index in [1.807, 2.05) is 17.0 Å². The van der Waals surface area contributed by atoms with Crippen LogP contribution in [0.25, 0.3) is 0 Å². The summed E-state index contributed by atoms with van der Waals surface area (Å²) in [5.74, 6) is 1.11. The van der Waals surface area contributed by atoms with E-state index in [0.717, 1.165) is 42.9 Å². The van der Waals surface area contributed by atoms with E-state index in [2.05, 4.69) is 22.0 Å². The number of methoxy groups -OCH3 is 1. The van der Waals surface area contributed by atoms with Crippen LogP contribution in [0, 0.1) is 0 Å². The lowest BCUT2D eigenvalue weighted by Gasteiger charge is -2.31. The summed E-state index contributed by atoms with van der Waals surface area (Å²) in [4.78, 5) is 14.7. The highest BCUT2D eigenvalue weighted by molar-refractivity contribution is 9.10. The molecule has 1 saturated heterocycles. The van der Waals surface area contributed by atoms with Gasteiger partial charge in [-0.25, -0.2) is 0 Å². The molecule has 0 spiro atoms. The van der Waals surface area contributed by atoms with Crippen molar-refractivity contribution in [1.29, 1.82) is 0 Å². The molecule has 1 aromatic carbocycles. The summed E-state index contributed by atoms with van der Waals surface area (Å²) in [7, 11) is 1.70. The van der Waals surface area contributed by atoms with E-state index in [9.17, 15) is 4.79 Å². The lowest BCUT2D eigenvalue weighted by Crippen LogP contribution is -3.13. The number of benzene rings is 1. The number of carbonyl (C=O) groups is 1. The van der Waals surface area contributed by atoms with Gasteiger partial charge in [0.1, 0.15) is 12.3 Å². The number of halogens is 1. The molecule has 2 rings (SSSR count). The maximum Gasteiger partial charge on any atom is 0.219 e. The van der Waals surface area contributed by atoms with Gasteiger partial charge in [0.05, 0.1) is 33.3 Å². The van der Waals surface area contributed by atoms with Gasteiger partial charge in [-0.15, -0.1) is 0 Å². The number of hydrogen-bond acceptors (Lipinski definition) is 2. The maximum atomic E-state index is 11.3. The van der Waals surface area contributed by atoms with Gasteiger partial charge in [-0.1, -0.05) is 15.9 Å². The predicted molar refractivity (Wildman–Crippen MR) is 77.3 cm³/mol. The first-order valence-electron chi connectivity index (χ1n) is 6.51. The van der Waals surface area contributed by atoms with Crippen molar-refractivity contribution in [2.24, 2.45) is 0 Å². The predicted octanol–water partition coefficient (Wildman–Crippen LogP) is 0.705. The Labute approximate surface area is 122 Å². The van der Waals surface area contributed by atoms with E-state index in [1.54, 1.807) is 14.0 Å². The molecule has 0 saturated carbocycles. The molecule has 19 heavy (non-hydrogen) atoms. The monoisotopic (exact) mass is 327 g/mol. The molecule has 1 N–H and O–H groups in total. The zero-order chi connectivity index (χ0) is 13.8. The Hall–Kier alpha value is -1.07. The fourth-order valence-electron chi connectivity index (χ4n) is 2.47. The van der Waals surface area contributed by atoms with Crippen LogP contribution in [0.1, 0.15) is 12.5 Å². The van der Waals surface area contributed by atoms with Crippen LogP contribution in [-0.4, -0.2) is 44.1 Å². The third-order valence-corrected chi connectivity index (χ3v) is 4.09. The number of quaternary nitrogens is 1. The molecule has 1 heterocycles. The standard InChI is InChI=1S/C14H19BrN2O2/c1-11(18)17-7-5-16(6-8-17)10-12-9-13(15)3-4-14(12)19-2/h3-4,9H,5-8,10H2,1-2H3/p+1. The van der Waals surface area contributed by atoms with Gasteiger partial charge >= 0.3 is 0 Å². The Kier molecular flexibility index (Phi) is 4.82. The van der Waals surface area contributed by atoms with Gasteiger partial charge in [-0.2, -0.15) is 0 Å². The molecule has 0 aromatic heterocycles. The molecule has 1 aliphatic rings. The van der Waals surface area contributed by atoms with Crippen LogP contribution in [0.2, 0.25) is 0 Å². The van der Waals surface area contributed by atoms with Gasteiger partial charge in [-0.3, -0.25) is 4.79 Å². The molecule has 4 nitrogen and oxygen atoms in total. The molecule has 0 radical (unpaired) electrons. The first kappa shape index (κ1) is 14.3. The van der Waals surface area contributed by atoms with Gasteiger partial charge in [0.25, 0.3) is 0 Å². The van der Waals surface area contributed by atoms with Crippen molar-refractivity contribution in [3.8, 4) is 5.75 Å². The first-order valence-corrected chi connectivity index (χ1v) is 7.31.